The van der Waals surface area contributed by atoms with E-state index in [-0.39, 0.29) is 18.7 Å². The fourth-order valence-corrected chi connectivity index (χ4v) is 2.65. The van der Waals surface area contributed by atoms with Gasteiger partial charge in [-0.3, -0.25) is 0 Å². The van der Waals surface area contributed by atoms with Gasteiger partial charge in [-0.15, -0.1) is 0 Å². The molecule has 0 amide bonds. The summed E-state index contributed by atoms with van der Waals surface area (Å²) in [7, 11) is 0. The standard InChI is InChI=1S/C14H17F4NO2/c15-11-5-9(4-10(6-11)14(16,17)18)12(20)13(7-19)2-1-3-21-8-13/h4-6,12,20H,1-3,7-8,19H2. The van der Waals surface area contributed by atoms with Crippen molar-refractivity contribution >= 4 is 0 Å². The van der Waals surface area contributed by atoms with Crippen LogP contribution < -0.4 is 5.73 Å². The molecule has 2 rings (SSSR count). The second kappa shape index (κ2) is 5.90. The first-order chi connectivity index (χ1) is 9.78. The molecule has 0 aromatic heterocycles. The van der Waals surface area contributed by atoms with Crippen molar-refractivity contribution in [3.63, 3.8) is 0 Å². The van der Waals surface area contributed by atoms with Crippen LogP contribution in [-0.4, -0.2) is 24.9 Å². The van der Waals surface area contributed by atoms with Gasteiger partial charge in [0.05, 0.1) is 18.3 Å². The highest BCUT2D eigenvalue weighted by Crippen LogP contribution is 2.41. The van der Waals surface area contributed by atoms with Gasteiger partial charge in [0.25, 0.3) is 0 Å². The summed E-state index contributed by atoms with van der Waals surface area (Å²) in [5.41, 5.74) is 3.55. The summed E-state index contributed by atoms with van der Waals surface area (Å²) in [6.45, 7) is 0.708. The van der Waals surface area contributed by atoms with E-state index in [1.165, 1.54) is 0 Å². The molecule has 21 heavy (non-hydrogen) atoms. The third kappa shape index (κ3) is 3.36. The maximum atomic E-state index is 13.4. The number of benzene rings is 1. The Balaban J connectivity index is 2.38. The molecule has 118 valence electrons. The van der Waals surface area contributed by atoms with Crippen LogP contribution >= 0.6 is 0 Å². The molecule has 1 aromatic rings. The van der Waals surface area contributed by atoms with Crippen molar-refractivity contribution in [1.29, 1.82) is 0 Å². The predicted molar refractivity (Wildman–Crippen MR) is 67.9 cm³/mol. The van der Waals surface area contributed by atoms with Gasteiger partial charge in [-0.05, 0) is 36.6 Å². The summed E-state index contributed by atoms with van der Waals surface area (Å²) >= 11 is 0. The fraction of sp³-hybridized carbons (Fsp3) is 0.571. The van der Waals surface area contributed by atoms with Crippen LogP contribution in [0.5, 0.6) is 0 Å². The minimum Gasteiger partial charge on any atom is -0.388 e. The minimum absolute atomic E-state index is 0.0476. The van der Waals surface area contributed by atoms with Crippen LogP contribution in [0.3, 0.4) is 0 Å². The van der Waals surface area contributed by atoms with Gasteiger partial charge in [0.2, 0.25) is 0 Å². The van der Waals surface area contributed by atoms with Crippen molar-refractivity contribution in [1.82, 2.24) is 0 Å². The third-order valence-corrected chi connectivity index (χ3v) is 3.90. The zero-order valence-corrected chi connectivity index (χ0v) is 11.3. The molecule has 0 bridgehead atoms. The molecule has 0 spiro atoms. The zero-order chi connectivity index (χ0) is 15.7. The number of rotatable bonds is 3. The van der Waals surface area contributed by atoms with Crippen molar-refractivity contribution in [2.45, 2.75) is 25.1 Å². The predicted octanol–water partition coefficient (Wildman–Crippen LogP) is 2.63. The van der Waals surface area contributed by atoms with Gasteiger partial charge in [-0.1, -0.05) is 0 Å². The molecule has 1 aliphatic rings. The lowest BCUT2D eigenvalue weighted by atomic mass is 9.74. The number of nitrogens with two attached hydrogens (primary N) is 1. The SMILES string of the molecule is NCC1(C(O)c2cc(F)cc(C(F)(F)F)c2)CCCOC1. The first kappa shape index (κ1) is 16.2. The van der Waals surface area contributed by atoms with E-state index in [0.29, 0.717) is 25.5 Å². The third-order valence-electron chi connectivity index (χ3n) is 3.90. The van der Waals surface area contributed by atoms with E-state index in [0.717, 1.165) is 12.1 Å². The monoisotopic (exact) mass is 307 g/mol. The lowest BCUT2D eigenvalue weighted by molar-refractivity contribution is -0.138. The number of ether oxygens (including phenoxy) is 1. The first-order valence-electron chi connectivity index (χ1n) is 6.62. The molecular weight excluding hydrogens is 290 g/mol. The molecule has 0 radical (unpaired) electrons. The number of aliphatic hydroxyl groups is 1. The summed E-state index contributed by atoms with van der Waals surface area (Å²) in [6, 6.07) is 2.08. The Kier molecular flexibility index (Phi) is 4.55. The summed E-state index contributed by atoms with van der Waals surface area (Å²) in [6.07, 6.45) is -4.81. The molecule has 7 heteroatoms. The molecular formula is C14H17F4NO2. The van der Waals surface area contributed by atoms with Crippen LogP contribution in [0, 0.1) is 11.2 Å². The molecule has 2 unspecified atom stereocenters. The van der Waals surface area contributed by atoms with Gasteiger partial charge in [0.15, 0.2) is 0 Å². The molecule has 0 saturated carbocycles. The molecule has 3 N–H and O–H groups in total. The molecule has 0 aliphatic carbocycles. The van der Waals surface area contributed by atoms with Crippen LogP contribution in [0.1, 0.15) is 30.1 Å². The smallest absolute Gasteiger partial charge is 0.388 e. The normalized spacial score (nSPS) is 24.9. The Hall–Kier alpha value is -1.18. The van der Waals surface area contributed by atoms with E-state index in [4.69, 9.17) is 10.5 Å². The highest BCUT2D eigenvalue weighted by atomic mass is 19.4. The molecule has 1 aliphatic heterocycles. The quantitative estimate of drug-likeness (QED) is 0.844. The van der Waals surface area contributed by atoms with Gasteiger partial charge in [-0.2, -0.15) is 13.2 Å². The Bertz CT molecular complexity index is 498. The summed E-state index contributed by atoms with van der Waals surface area (Å²) in [5, 5.41) is 10.4. The maximum absolute atomic E-state index is 13.4. The maximum Gasteiger partial charge on any atom is 0.416 e. The van der Waals surface area contributed by atoms with Crippen molar-refractivity contribution in [2.24, 2.45) is 11.1 Å². The van der Waals surface area contributed by atoms with Gasteiger partial charge in [0, 0.05) is 18.6 Å². The molecule has 1 aromatic carbocycles. The Morgan fingerprint density at radius 3 is 2.57 bits per heavy atom. The lowest BCUT2D eigenvalue weighted by Crippen LogP contribution is -2.43. The van der Waals surface area contributed by atoms with E-state index in [1.807, 2.05) is 0 Å². The van der Waals surface area contributed by atoms with Crippen LogP contribution in [0.2, 0.25) is 0 Å². The Morgan fingerprint density at radius 2 is 2.05 bits per heavy atom. The Morgan fingerprint density at radius 1 is 1.33 bits per heavy atom. The largest absolute Gasteiger partial charge is 0.416 e. The molecule has 1 fully saturated rings. The molecule has 1 saturated heterocycles. The Labute approximate surface area is 119 Å². The number of halogens is 4. The lowest BCUT2D eigenvalue weighted by Gasteiger charge is -2.40. The highest BCUT2D eigenvalue weighted by molar-refractivity contribution is 5.29. The fourth-order valence-electron chi connectivity index (χ4n) is 2.65. The minimum atomic E-state index is -4.67. The van der Waals surface area contributed by atoms with Gasteiger partial charge in [0.1, 0.15) is 5.82 Å². The molecule has 1 heterocycles. The second-order valence-electron chi connectivity index (χ2n) is 5.40. The highest BCUT2D eigenvalue weighted by Gasteiger charge is 2.41. The van der Waals surface area contributed by atoms with E-state index in [1.54, 1.807) is 0 Å². The molecule has 3 nitrogen and oxygen atoms in total. The van der Waals surface area contributed by atoms with Crippen molar-refractivity contribution in [2.75, 3.05) is 19.8 Å². The van der Waals surface area contributed by atoms with E-state index in [9.17, 15) is 22.7 Å². The summed E-state index contributed by atoms with van der Waals surface area (Å²) < 4.78 is 56.9. The molecule has 2 atom stereocenters. The first-order valence-corrected chi connectivity index (χ1v) is 6.62. The van der Waals surface area contributed by atoms with Gasteiger partial charge < -0.3 is 15.6 Å². The second-order valence-corrected chi connectivity index (χ2v) is 5.40. The summed E-state index contributed by atoms with van der Waals surface area (Å²) in [5.74, 6) is -1.04. The van der Waals surface area contributed by atoms with Crippen molar-refractivity contribution in [3.05, 3.63) is 35.1 Å². The van der Waals surface area contributed by atoms with Crippen LogP contribution in [0.25, 0.3) is 0 Å². The van der Waals surface area contributed by atoms with Crippen molar-refractivity contribution in [3.8, 4) is 0 Å². The zero-order valence-electron chi connectivity index (χ0n) is 11.3. The van der Waals surface area contributed by atoms with Crippen LogP contribution in [0.15, 0.2) is 18.2 Å². The van der Waals surface area contributed by atoms with Crippen molar-refractivity contribution < 1.29 is 27.4 Å². The summed E-state index contributed by atoms with van der Waals surface area (Å²) in [4.78, 5) is 0. The van der Waals surface area contributed by atoms with E-state index < -0.39 is 29.1 Å². The average molecular weight is 307 g/mol. The number of hydrogen-bond acceptors (Lipinski definition) is 3. The average Bonchev–Trinajstić information content (AvgIpc) is 2.45. The van der Waals surface area contributed by atoms with Crippen LogP contribution in [0.4, 0.5) is 17.6 Å². The van der Waals surface area contributed by atoms with E-state index in [2.05, 4.69) is 0 Å². The van der Waals surface area contributed by atoms with Crippen LogP contribution in [-0.2, 0) is 10.9 Å². The van der Waals surface area contributed by atoms with Gasteiger partial charge >= 0.3 is 6.18 Å². The van der Waals surface area contributed by atoms with Gasteiger partial charge in [-0.25, -0.2) is 4.39 Å². The number of aliphatic hydroxyl groups excluding tert-OH is 1. The number of alkyl halides is 3. The topological polar surface area (TPSA) is 55.5 Å². The number of hydrogen-bond donors (Lipinski definition) is 2. The van der Waals surface area contributed by atoms with E-state index >= 15 is 0 Å².